The van der Waals surface area contributed by atoms with E-state index in [1.807, 2.05) is 0 Å². The van der Waals surface area contributed by atoms with E-state index in [0.29, 0.717) is 24.7 Å². The van der Waals surface area contributed by atoms with E-state index in [1.54, 1.807) is 7.11 Å². The lowest BCUT2D eigenvalue weighted by molar-refractivity contribution is 0.172. The predicted molar refractivity (Wildman–Crippen MR) is 68.8 cm³/mol. The van der Waals surface area contributed by atoms with Gasteiger partial charge in [0.1, 0.15) is 11.6 Å². The summed E-state index contributed by atoms with van der Waals surface area (Å²) < 4.78 is 23.4. The zero-order chi connectivity index (χ0) is 12.7. The maximum atomic E-state index is 13.0. The standard InChI is InChI=1S/C11H15FN2O2S/c1-15-5-2-6-16-10-4-3-8(12)7-9(10)14-11(13)17/h3-4,7H,2,5-6H2,1H3,(H3,13,14,17). The third kappa shape index (κ3) is 4.97. The molecule has 0 saturated carbocycles. The molecule has 1 rings (SSSR count). The molecular weight excluding hydrogens is 243 g/mol. The number of hydrogen-bond acceptors (Lipinski definition) is 3. The molecule has 0 unspecified atom stereocenters. The van der Waals surface area contributed by atoms with Crippen molar-refractivity contribution in [1.29, 1.82) is 0 Å². The van der Waals surface area contributed by atoms with Crippen molar-refractivity contribution in [2.24, 2.45) is 5.73 Å². The molecule has 94 valence electrons. The summed E-state index contributed by atoms with van der Waals surface area (Å²) in [5.41, 5.74) is 5.77. The fraction of sp³-hybridized carbons (Fsp3) is 0.364. The van der Waals surface area contributed by atoms with E-state index in [-0.39, 0.29) is 10.9 Å². The second-order valence-electron chi connectivity index (χ2n) is 3.32. The zero-order valence-electron chi connectivity index (χ0n) is 9.53. The van der Waals surface area contributed by atoms with Gasteiger partial charge in [-0.05, 0) is 24.4 Å². The quantitative estimate of drug-likeness (QED) is 0.603. The van der Waals surface area contributed by atoms with Crippen LogP contribution in [-0.4, -0.2) is 25.4 Å². The van der Waals surface area contributed by atoms with Crippen LogP contribution in [0.15, 0.2) is 18.2 Å². The summed E-state index contributed by atoms with van der Waals surface area (Å²) in [4.78, 5) is 0. The van der Waals surface area contributed by atoms with Gasteiger partial charge in [0.25, 0.3) is 0 Å². The molecule has 0 radical (unpaired) electrons. The van der Waals surface area contributed by atoms with Gasteiger partial charge in [-0.2, -0.15) is 0 Å². The number of nitrogens with one attached hydrogen (secondary N) is 1. The second-order valence-corrected chi connectivity index (χ2v) is 3.76. The van der Waals surface area contributed by atoms with Gasteiger partial charge in [0.15, 0.2) is 5.11 Å². The summed E-state index contributed by atoms with van der Waals surface area (Å²) in [5, 5.41) is 2.74. The first-order valence-corrected chi connectivity index (χ1v) is 5.52. The van der Waals surface area contributed by atoms with Gasteiger partial charge in [-0.1, -0.05) is 0 Å². The Kier molecular flexibility index (Phi) is 5.65. The zero-order valence-corrected chi connectivity index (χ0v) is 10.3. The van der Waals surface area contributed by atoms with Crippen LogP contribution in [0, 0.1) is 5.82 Å². The average molecular weight is 258 g/mol. The highest BCUT2D eigenvalue weighted by molar-refractivity contribution is 7.80. The van der Waals surface area contributed by atoms with Crippen molar-refractivity contribution in [3.05, 3.63) is 24.0 Å². The number of hydrogen-bond donors (Lipinski definition) is 2. The highest BCUT2D eigenvalue weighted by atomic mass is 32.1. The van der Waals surface area contributed by atoms with Crippen LogP contribution in [0.2, 0.25) is 0 Å². The number of anilines is 1. The largest absolute Gasteiger partial charge is 0.491 e. The molecule has 0 aliphatic carbocycles. The smallest absolute Gasteiger partial charge is 0.168 e. The van der Waals surface area contributed by atoms with Crippen LogP contribution < -0.4 is 15.8 Å². The Bertz CT molecular complexity index is 388. The Balaban J connectivity index is 2.65. The topological polar surface area (TPSA) is 56.5 Å². The maximum absolute atomic E-state index is 13.0. The van der Waals surface area contributed by atoms with Crippen molar-refractivity contribution in [2.75, 3.05) is 25.6 Å². The lowest BCUT2D eigenvalue weighted by atomic mass is 10.3. The van der Waals surface area contributed by atoms with Gasteiger partial charge < -0.3 is 20.5 Å². The molecule has 0 heterocycles. The minimum atomic E-state index is -0.381. The molecule has 0 saturated heterocycles. The number of methoxy groups -OCH3 is 1. The highest BCUT2D eigenvalue weighted by Crippen LogP contribution is 2.25. The first kappa shape index (κ1) is 13.7. The van der Waals surface area contributed by atoms with Gasteiger partial charge in [0.05, 0.1) is 12.3 Å². The average Bonchev–Trinajstić information content (AvgIpc) is 2.26. The van der Waals surface area contributed by atoms with Crippen molar-refractivity contribution >= 4 is 23.0 Å². The summed E-state index contributed by atoms with van der Waals surface area (Å²) in [7, 11) is 1.62. The molecule has 0 atom stereocenters. The molecule has 3 N–H and O–H groups in total. The molecule has 0 fully saturated rings. The molecule has 0 amide bonds. The fourth-order valence-electron chi connectivity index (χ4n) is 1.24. The molecule has 17 heavy (non-hydrogen) atoms. The molecular formula is C11H15FN2O2S. The van der Waals surface area contributed by atoms with Crippen LogP contribution in [0.3, 0.4) is 0 Å². The van der Waals surface area contributed by atoms with Gasteiger partial charge in [-0.15, -0.1) is 0 Å². The van der Waals surface area contributed by atoms with E-state index in [4.69, 9.17) is 27.4 Å². The van der Waals surface area contributed by atoms with Crippen LogP contribution in [0.5, 0.6) is 5.75 Å². The number of ether oxygens (including phenoxy) is 2. The summed E-state index contributed by atoms with van der Waals surface area (Å²) in [5.74, 6) is 0.128. The van der Waals surface area contributed by atoms with Crippen molar-refractivity contribution in [2.45, 2.75) is 6.42 Å². The van der Waals surface area contributed by atoms with Crippen molar-refractivity contribution in [3.63, 3.8) is 0 Å². The third-order valence-corrected chi connectivity index (χ3v) is 2.05. The van der Waals surface area contributed by atoms with Crippen molar-refractivity contribution < 1.29 is 13.9 Å². The van der Waals surface area contributed by atoms with Crippen LogP contribution >= 0.6 is 12.2 Å². The SMILES string of the molecule is COCCCOc1ccc(F)cc1NC(N)=S. The highest BCUT2D eigenvalue weighted by Gasteiger charge is 2.06. The Morgan fingerprint density at radius 1 is 1.47 bits per heavy atom. The van der Waals surface area contributed by atoms with Crippen LogP contribution in [0.25, 0.3) is 0 Å². The Morgan fingerprint density at radius 3 is 2.88 bits per heavy atom. The Hall–Kier alpha value is -1.40. The minimum Gasteiger partial charge on any atom is -0.491 e. The monoisotopic (exact) mass is 258 g/mol. The van der Waals surface area contributed by atoms with Gasteiger partial charge in [0, 0.05) is 26.2 Å². The van der Waals surface area contributed by atoms with E-state index in [9.17, 15) is 4.39 Å². The molecule has 6 heteroatoms. The number of nitrogens with two attached hydrogens (primary N) is 1. The Labute approximate surface area is 105 Å². The summed E-state index contributed by atoms with van der Waals surface area (Å²) >= 11 is 4.70. The van der Waals surface area contributed by atoms with Crippen LogP contribution in [0.1, 0.15) is 6.42 Å². The molecule has 0 bridgehead atoms. The molecule has 1 aromatic carbocycles. The van der Waals surface area contributed by atoms with Gasteiger partial charge in [-0.25, -0.2) is 4.39 Å². The number of halogens is 1. The predicted octanol–water partition coefficient (Wildman–Crippen LogP) is 1.90. The number of rotatable bonds is 6. The molecule has 0 aliphatic rings. The summed E-state index contributed by atoms with van der Waals surface area (Å²) in [6.45, 7) is 1.09. The normalized spacial score (nSPS) is 10.0. The van der Waals surface area contributed by atoms with E-state index in [2.05, 4.69) is 5.32 Å². The van der Waals surface area contributed by atoms with Crippen LogP contribution in [0.4, 0.5) is 10.1 Å². The summed E-state index contributed by atoms with van der Waals surface area (Å²) in [6.07, 6.45) is 0.750. The number of benzene rings is 1. The first-order chi connectivity index (χ1) is 8.13. The van der Waals surface area contributed by atoms with E-state index in [1.165, 1.54) is 18.2 Å². The minimum absolute atomic E-state index is 0.0670. The molecule has 0 aliphatic heterocycles. The summed E-state index contributed by atoms with van der Waals surface area (Å²) in [6, 6.07) is 4.13. The van der Waals surface area contributed by atoms with E-state index >= 15 is 0 Å². The molecule has 0 spiro atoms. The lowest BCUT2D eigenvalue weighted by Crippen LogP contribution is -2.19. The fourth-order valence-corrected chi connectivity index (χ4v) is 1.35. The van der Waals surface area contributed by atoms with Crippen molar-refractivity contribution in [1.82, 2.24) is 0 Å². The lowest BCUT2D eigenvalue weighted by Gasteiger charge is -2.12. The van der Waals surface area contributed by atoms with Gasteiger partial charge in [-0.3, -0.25) is 0 Å². The first-order valence-electron chi connectivity index (χ1n) is 5.11. The molecule has 1 aromatic rings. The maximum Gasteiger partial charge on any atom is 0.168 e. The van der Waals surface area contributed by atoms with Crippen molar-refractivity contribution in [3.8, 4) is 5.75 Å². The Morgan fingerprint density at radius 2 is 2.24 bits per heavy atom. The third-order valence-electron chi connectivity index (χ3n) is 1.95. The van der Waals surface area contributed by atoms with Gasteiger partial charge >= 0.3 is 0 Å². The second kappa shape index (κ2) is 7.03. The van der Waals surface area contributed by atoms with Crippen LogP contribution in [-0.2, 0) is 4.74 Å². The van der Waals surface area contributed by atoms with E-state index in [0.717, 1.165) is 6.42 Å². The van der Waals surface area contributed by atoms with Gasteiger partial charge in [0.2, 0.25) is 0 Å². The van der Waals surface area contributed by atoms with E-state index < -0.39 is 0 Å². The number of thiocarbonyl (C=S) groups is 1. The molecule has 4 nitrogen and oxygen atoms in total. The molecule has 0 aromatic heterocycles.